The highest BCUT2D eigenvalue weighted by Crippen LogP contribution is 2.25. The number of hydrogen-bond acceptors (Lipinski definition) is 4. The molecule has 2 atom stereocenters. The van der Waals surface area contributed by atoms with E-state index in [0.29, 0.717) is 19.6 Å². The zero-order chi connectivity index (χ0) is 17.6. The molecule has 7 nitrogen and oxygen atoms in total. The third-order valence-electron chi connectivity index (χ3n) is 5.28. The Morgan fingerprint density at radius 3 is 2.72 bits per heavy atom. The van der Waals surface area contributed by atoms with Crippen molar-refractivity contribution in [2.45, 2.75) is 38.1 Å². The second kappa shape index (κ2) is 8.38. The summed E-state index contributed by atoms with van der Waals surface area (Å²) < 4.78 is 5.61. The van der Waals surface area contributed by atoms with E-state index in [-0.39, 0.29) is 17.9 Å². The van der Waals surface area contributed by atoms with Crippen LogP contribution in [0.2, 0.25) is 0 Å². The van der Waals surface area contributed by atoms with Crippen LogP contribution in [0.4, 0.5) is 4.79 Å². The van der Waals surface area contributed by atoms with E-state index in [1.54, 1.807) is 11.2 Å². The van der Waals surface area contributed by atoms with Gasteiger partial charge in [0.1, 0.15) is 5.76 Å². The van der Waals surface area contributed by atoms with Crippen LogP contribution in [0.15, 0.2) is 22.8 Å². The minimum atomic E-state index is -0.445. The summed E-state index contributed by atoms with van der Waals surface area (Å²) in [4.78, 5) is 27.9. The first kappa shape index (κ1) is 17.8. The molecular weight excluding hydrogens is 320 g/mol. The molecule has 2 fully saturated rings. The van der Waals surface area contributed by atoms with Crippen molar-refractivity contribution in [3.05, 3.63) is 24.2 Å². The number of furan rings is 1. The zero-order valence-electron chi connectivity index (χ0n) is 14.7. The average Bonchev–Trinajstić information content (AvgIpc) is 3.17. The first-order valence-electron chi connectivity index (χ1n) is 9.24. The molecule has 0 saturated carbocycles. The van der Waals surface area contributed by atoms with Crippen molar-refractivity contribution in [1.82, 2.24) is 15.1 Å². The number of urea groups is 1. The summed E-state index contributed by atoms with van der Waals surface area (Å²) in [6.45, 7) is 3.64. The molecule has 0 spiro atoms. The molecule has 138 valence electrons. The van der Waals surface area contributed by atoms with Crippen LogP contribution in [0, 0.1) is 5.92 Å². The van der Waals surface area contributed by atoms with Gasteiger partial charge in [-0.1, -0.05) is 6.42 Å². The van der Waals surface area contributed by atoms with Gasteiger partial charge in [-0.15, -0.1) is 0 Å². The van der Waals surface area contributed by atoms with E-state index in [1.165, 1.54) is 19.3 Å². The molecule has 1 aromatic rings. The largest absolute Gasteiger partial charge is 0.468 e. The number of rotatable bonds is 5. The fourth-order valence-electron chi connectivity index (χ4n) is 3.85. The third kappa shape index (κ3) is 4.54. The van der Waals surface area contributed by atoms with Crippen molar-refractivity contribution in [2.75, 3.05) is 32.7 Å². The van der Waals surface area contributed by atoms with Gasteiger partial charge in [0.05, 0.1) is 18.2 Å². The van der Waals surface area contributed by atoms with E-state index in [4.69, 9.17) is 10.2 Å². The van der Waals surface area contributed by atoms with E-state index in [2.05, 4.69) is 10.2 Å². The Labute approximate surface area is 148 Å². The molecule has 2 aliphatic heterocycles. The molecule has 0 radical (unpaired) electrons. The minimum Gasteiger partial charge on any atom is -0.468 e. The van der Waals surface area contributed by atoms with Gasteiger partial charge in [-0.25, -0.2) is 4.79 Å². The molecular formula is C18H28N4O3. The maximum atomic E-state index is 12.6. The Kier molecular flexibility index (Phi) is 5.96. The van der Waals surface area contributed by atoms with Crippen LogP contribution in [-0.2, 0) is 4.79 Å². The summed E-state index contributed by atoms with van der Waals surface area (Å²) in [5.41, 5.74) is 5.35. The highest BCUT2D eigenvalue weighted by Gasteiger charge is 2.29. The average molecular weight is 348 g/mol. The summed E-state index contributed by atoms with van der Waals surface area (Å²) in [5, 5.41) is 3.08. The lowest BCUT2D eigenvalue weighted by Gasteiger charge is -2.34. The molecule has 0 aliphatic carbocycles. The van der Waals surface area contributed by atoms with Crippen molar-refractivity contribution in [1.29, 1.82) is 0 Å². The number of carbonyl (C=O) groups excluding carboxylic acids is 2. The van der Waals surface area contributed by atoms with Gasteiger partial charge in [0, 0.05) is 19.6 Å². The molecule has 0 aromatic carbocycles. The topological polar surface area (TPSA) is 91.8 Å². The van der Waals surface area contributed by atoms with E-state index < -0.39 is 6.03 Å². The van der Waals surface area contributed by atoms with E-state index in [1.807, 2.05) is 12.1 Å². The fourth-order valence-corrected chi connectivity index (χ4v) is 3.85. The molecule has 2 saturated heterocycles. The predicted octanol–water partition coefficient (Wildman–Crippen LogP) is 1.71. The maximum absolute atomic E-state index is 12.6. The number of likely N-dealkylation sites (tertiary alicyclic amines) is 2. The number of primary amides is 1. The van der Waals surface area contributed by atoms with Crippen LogP contribution >= 0.6 is 0 Å². The van der Waals surface area contributed by atoms with Crippen molar-refractivity contribution in [2.24, 2.45) is 11.7 Å². The van der Waals surface area contributed by atoms with Gasteiger partial charge in [-0.3, -0.25) is 9.69 Å². The van der Waals surface area contributed by atoms with Crippen LogP contribution in [-0.4, -0.2) is 54.5 Å². The highest BCUT2D eigenvalue weighted by atomic mass is 16.3. The molecule has 3 amide bonds. The van der Waals surface area contributed by atoms with Crippen molar-refractivity contribution < 1.29 is 14.0 Å². The number of piperidine rings is 2. The van der Waals surface area contributed by atoms with Gasteiger partial charge >= 0.3 is 6.03 Å². The molecule has 7 heteroatoms. The van der Waals surface area contributed by atoms with E-state index >= 15 is 0 Å². The van der Waals surface area contributed by atoms with Crippen LogP contribution in [0.25, 0.3) is 0 Å². The molecule has 0 bridgehead atoms. The fraction of sp³-hybridized carbons (Fsp3) is 0.667. The third-order valence-corrected chi connectivity index (χ3v) is 5.28. The lowest BCUT2D eigenvalue weighted by atomic mass is 9.97. The number of nitrogens with two attached hydrogens (primary N) is 1. The molecule has 3 N–H and O–H groups in total. The van der Waals surface area contributed by atoms with Crippen molar-refractivity contribution in [3.63, 3.8) is 0 Å². The van der Waals surface area contributed by atoms with E-state index in [0.717, 1.165) is 31.7 Å². The van der Waals surface area contributed by atoms with Crippen LogP contribution in [0.5, 0.6) is 0 Å². The molecule has 3 rings (SSSR count). The maximum Gasteiger partial charge on any atom is 0.314 e. The number of nitrogens with one attached hydrogen (secondary N) is 1. The smallest absolute Gasteiger partial charge is 0.314 e. The Morgan fingerprint density at radius 1 is 1.24 bits per heavy atom. The summed E-state index contributed by atoms with van der Waals surface area (Å²) in [6.07, 6.45) is 6.92. The summed E-state index contributed by atoms with van der Waals surface area (Å²) >= 11 is 0. The molecule has 2 aliphatic rings. The van der Waals surface area contributed by atoms with Gasteiger partial charge in [-0.05, 0) is 50.9 Å². The zero-order valence-corrected chi connectivity index (χ0v) is 14.7. The lowest BCUT2D eigenvalue weighted by Crippen LogP contribution is -2.48. The molecule has 25 heavy (non-hydrogen) atoms. The van der Waals surface area contributed by atoms with Crippen LogP contribution in [0.3, 0.4) is 0 Å². The SMILES string of the molecule is NC(=O)N1CCC[C@H](C(=O)NC[C@H](c2ccco2)N2CCCCC2)C1. The van der Waals surface area contributed by atoms with Crippen molar-refractivity contribution in [3.8, 4) is 0 Å². The molecule has 3 heterocycles. The normalized spacial score (nSPS) is 23.2. The monoisotopic (exact) mass is 348 g/mol. The van der Waals surface area contributed by atoms with Crippen LogP contribution in [0.1, 0.15) is 43.9 Å². The molecule has 1 aromatic heterocycles. The van der Waals surface area contributed by atoms with Crippen molar-refractivity contribution >= 4 is 11.9 Å². The van der Waals surface area contributed by atoms with Gasteiger partial charge in [0.25, 0.3) is 0 Å². The lowest BCUT2D eigenvalue weighted by molar-refractivity contribution is -0.126. The number of amides is 3. The second-order valence-corrected chi connectivity index (χ2v) is 7.00. The predicted molar refractivity (Wildman–Crippen MR) is 93.8 cm³/mol. The Morgan fingerprint density at radius 2 is 2.04 bits per heavy atom. The Hall–Kier alpha value is -2.02. The van der Waals surface area contributed by atoms with Gasteiger partial charge in [-0.2, -0.15) is 0 Å². The summed E-state index contributed by atoms with van der Waals surface area (Å²) in [5.74, 6) is 0.712. The summed E-state index contributed by atoms with van der Waals surface area (Å²) in [6, 6.07) is 3.48. The highest BCUT2D eigenvalue weighted by molar-refractivity contribution is 5.80. The van der Waals surface area contributed by atoms with Crippen LogP contribution < -0.4 is 11.1 Å². The minimum absolute atomic E-state index is 0.000449. The van der Waals surface area contributed by atoms with E-state index in [9.17, 15) is 9.59 Å². The quantitative estimate of drug-likeness (QED) is 0.847. The van der Waals surface area contributed by atoms with Gasteiger partial charge < -0.3 is 20.4 Å². The number of nitrogens with zero attached hydrogens (tertiary/aromatic N) is 2. The number of hydrogen-bond donors (Lipinski definition) is 2. The summed E-state index contributed by atoms with van der Waals surface area (Å²) in [7, 11) is 0. The standard InChI is InChI=1S/C18H28N4O3/c19-18(24)22-10-4-6-14(13-22)17(23)20-12-15(16-7-5-11-25-16)21-8-2-1-3-9-21/h5,7,11,14-15H,1-4,6,8-10,12-13H2,(H2,19,24)(H,20,23)/t14-,15+/m0/s1. The Bertz CT molecular complexity index is 569. The first-order valence-corrected chi connectivity index (χ1v) is 9.24. The molecule has 0 unspecified atom stereocenters. The Balaban J connectivity index is 1.58. The first-order chi connectivity index (χ1) is 12.1. The second-order valence-electron chi connectivity index (χ2n) is 7.00. The van der Waals surface area contributed by atoms with Gasteiger partial charge in [0.2, 0.25) is 5.91 Å². The number of carbonyl (C=O) groups is 2. The van der Waals surface area contributed by atoms with Gasteiger partial charge in [0.15, 0.2) is 0 Å².